The fourth-order valence-electron chi connectivity index (χ4n) is 20.1. The van der Waals surface area contributed by atoms with Crippen molar-refractivity contribution in [1.82, 2.24) is 49.3 Å². The number of fused-ring (bicyclic) bond motifs is 4. The number of halogens is 4. The zero-order chi connectivity index (χ0) is 93.1. The Balaban J connectivity index is 0.000000134. The van der Waals surface area contributed by atoms with Crippen molar-refractivity contribution in [3.8, 4) is 0 Å². The Labute approximate surface area is 760 Å². The van der Waals surface area contributed by atoms with Crippen molar-refractivity contribution in [2.45, 2.75) is 177 Å². The van der Waals surface area contributed by atoms with Crippen molar-refractivity contribution in [1.29, 1.82) is 0 Å². The highest BCUT2D eigenvalue weighted by Gasteiger charge is 2.38. The van der Waals surface area contributed by atoms with Crippen LogP contribution in [-0.4, -0.2) is 194 Å². The third-order valence-corrected chi connectivity index (χ3v) is 27.9. The molecule has 13 heterocycles. The van der Waals surface area contributed by atoms with Gasteiger partial charge in [0.05, 0.1) is 22.3 Å². The van der Waals surface area contributed by atoms with Gasteiger partial charge in [0.1, 0.15) is 46.4 Å². The fraction of sp³-hybridized carbons (Fsp3) is 0.422. The van der Waals surface area contributed by atoms with E-state index in [-0.39, 0.29) is 101 Å². The lowest BCUT2D eigenvalue weighted by atomic mass is 9.84. The van der Waals surface area contributed by atoms with Crippen molar-refractivity contribution in [3.05, 3.63) is 208 Å². The molecule has 29 heteroatoms. The SMILES string of the molecule is Cc1[nH]c(/C=C2\C(=O)Nc3ccc(F)cc32)c(C)c1CC(=O)C1CCCCC1.Cc1[nH]c(/C=C2\C(=O)Nc3ccc(F)cc32)c(C)c1CC(=O)C1CCCN(C(=O)N(C)C)C1.Cc1[nH]c(/C=C2\C(=O)Nc3ccc(F)cc32)c(C)c1CC(=O)C1CCCN(C(=O)N2CCCC2)C1.Cc1[nH]c(/C=C2\C(=O)Nc3ccc(F)cc32)c(C)c1CC(=O)C1CCN(C(=O)N2CCCC2)CC1. The number of urea groups is 3. The van der Waals surface area contributed by atoms with Crippen LogP contribution in [0, 0.1) is 102 Å². The Bertz CT molecular complexity index is 6030. The quantitative estimate of drug-likeness (QED) is 0.0332. The number of aromatic nitrogens is 4. The lowest BCUT2D eigenvalue weighted by molar-refractivity contribution is -0.124. The smallest absolute Gasteiger partial charge is 0.320 e. The van der Waals surface area contributed by atoms with Crippen LogP contribution in [0.15, 0.2) is 72.8 Å². The molecule has 25 nitrogen and oxygen atoms in total. The number of benzene rings is 4. The van der Waals surface area contributed by atoms with Crippen LogP contribution in [-0.2, 0) is 64.0 Å². The van der Waals surface area contributed by atoms with Crippen molar-refractivity contribution >= 4 is 134 Å². The molecule has 0 radical (unpaired) electrons. The van der Waals surface area contributed by atoms with E-state index in [1.807, 2.05) is 75.0 Å². The monoisotopic (exact) mass is 1790 g/mol. The van der Waals surface area contributed by atoms with Gasteiger partial charge in [0, 0.05) is 219 Å². The van der Waals surface area contributed by atoms with Gasteiger partial charge in [-0.2, -0.15) is 0 Å². The summed E-state index contributed by atoms with van der Waals surface area (Å²) in [7, 11) is 3.43. The van der Waals surface area contributed by atoms with E-state index in [0.29, 0.717) is 138 Å². The number of hydrogen-bond acceptors (Lipinski definition) is 11. The number of H-pyrrole nitrogens is 4. The predicted octanol–water partition coefficient (Wildman–Crippen LogP) is 17.3. The molecule has 131 heavy (non-hydrogen) atoms. The Morgan fingerprint density at radius 3 is 0.901 bits per heavy atom. The molecule has 18 rings (SSSR count). The largest absolute Gasteiger partial charge is 0.359 e. The molecule has 1 aliphatic carbocycles. The molecule has 4 aromatic carbocycles. The number of ketones is 4. The highest BCUT2D eigenvalue weighted by Crippen LogP contribution is 2.41. The van der Waals surface area contributed by atoms with Gasteiger partial charge >= 0.3 is 18.1 Å². The normalized spacial score (nSPS) is 19.5. The first-order valence-electron chi connectivity index (χ1n) is 45.9. The van der Waals surface area contributed by atoms with E-state index in [1.165, 1.54) is 59.9 Å². The Hall–Kier alpha value is -13.0. The number of nitrogens with one attached hydrogen (secondary N) is 8. The summed E-state index contributed by atoms with van der Waals surface area (Å²) in [6.45, 7) is 22.3. The molecule has 2 unspecified atom stereocenters. The molecular formula is C102H116F4N14O11. The zero-order valence-electron chi connectivity index (χ0n) is 76.2. The number of Topliss-reactive ketones (excluding diaryl/α,β-unsaturated/α-hetero) is 4. The number of anilines is 4. The first-order chi connectivity index (χ1) is 62.7. The van der Waals surface area contributed by atoms with Crippen LogP contribution in [0.25, 0.3) is 46.6 Å². The average molecular weight is 1790 g/mol. The molecule has 6 fully saturated rings. The summed E-state index contributed by atoms with van der Waals surface area (Å²) in [5.41, 5.74) is 20.2. The third-order valence-electron chi connectivity index (χ3n) is 27.9. The van der Waals surface area contributed by atoms with Crippen molar-refractivity contribution in [3.63, 3.8) is 0 Å². The minimum absolute atomic E-state index is 0.0522. The topological polar surface area (TPSA) is 318 Å². The zero-order valence-corrected chi connectivity index (χ0v) is 76.2. The summed E-state index contributed by atoms with van der Waals surface area (Å²) in [5, 5.41) is 11.1. The van der Waals surface area contributed by atoms with Crippen molar-refractivity contribution in [2.75, 3.05) is 101 Å². The minimum atomic E-state index is -0.406. The maximum absolute atomic E-state index is 13.8. The molecule has 10 amide bonds. The fourth-order valence-corrected chi connectivity index (χ4v) is 20.1. The highest BCUT2D eigenvalue weighted by molar-refractivity contribution is 6.37. The van der Waals surface area contributed by atoms with Gasteiger partial charge in [-0.15, -0.1) is 0 Å². The molecule has 0 bridgehead atoms. The standard InChI is InChI=1S/2C27H31FN4O3.C25H29FN4O3.C23H25FN2O2/c1-16-20(15-25(33)18-7-11-32(12-8-18)27(35)31-9-3-4-10-31)17(2)29-24(16)14-22-21-13-19(28)5-6-23(21)30-26(22)34;1-16-20(14-25(33)18-6-5-11-32(15-18)27(35)31-9-3-4-10-31)17(2)29-24(16)13-22-21-12-19(28)7-8-23(21)30-26(22)34;1-14-18(12-23(31)16-6-5-9-30(13-16)25(33)29(3)4)15(2)27-22(14)11-20-19-10-17(26)7-8-21(19)28-24(20)32;1-13-17(12-22(27)15-6-4-3-5-7-15)14(2)25-21(13)11-19-18-10-16(24)8-9-20(18)26-23(19)28/h5-6,13-14,18,29H,3-4,7-12,15H2,1-2H3,(H,30,34);7-8,12-13,18,29H,3-6,9-11,14-15H2,1-2H3,(H,30,34);7-8,10-11,16,27H,5-6,9,12-13H2,1-4H3,(H,28,32);8-11,15,25H,3-7,12H2,1-2H3,(H,26,28)/b22-14-;22-13-;20-11-;19-11-. The molecule has 0 spiro atoms. The van der Waals surface area contributed by atoms with Gasteiger partial charge < -0.3 is 70.6 Å². The highest BCUT2D eigenvalue weighted by atomic mass is 19.1. The summed E-state index contributed by atoms with van der Waals surface area (Å²) in [6.07, 6.45) is 22.6. The number of carbonyl (C=O) groups excluding carboxylic acids is 11. The summed E-state index contributed by atoms with van der Waals surface area (Å²) in [5.74, 6) is -2.13. The summed E-state index contributed by atoms with van der Waals surface area (Å²) in [6, 6.07) is 17.1. The van der Waals surface area contributed by atoms with Crippen molar-refractivity contribution < 1.29 is 70.3 Å². The number of nitrogens with zero attached hydrogens (tertiary/aromatic N) is 6. The minimum Gasteiger partial charge on any atom is -0.359 e. The number of hydrogen-bond donors (Lipinski definition) is 8. The number of carbonyl (C=O) groups is 11. The van der Waals surface area contributed by atoms with E-state index in [1.54, 1.807) is 67.6 Å². The van der Waals surface area contributed by atoms with Gasteiger partial charge in [0.25, 0.3) is 23.6 Å². The molecule has 10 aliphatic rings. The number of rotatable bonds is 16. The van der Waals surface area contributed by atoms with Crippen LogP contribution in [0.2, 0.25) is 0 Å². The van der Waals surface area contributed by atoms with Crippen LogP contribution >= 0.6 is 0 Å². The summed E-state index contributed by atoms with van der Waals surface area (Å²) < 4.78 is 55.0. The molecule has 4 aromatic heterocycles. The lowest BCUT2D eigenvalue weighted by Gasteiger charge is -2.34. The van der Waals surface area contributed by atoms with E-state index in [2.05, 4.69) is 41.2 Å². The second-order valence-electron chi connectivity index (χ2n) is 36.7. The maximum atomic E-state index is 13.8. The number of amides is 10. The van der Waals surface area contributed by atoms with E-state index >= 15 is 0 Å². The molecule has 5 saturated heterocycles. The number of likely N-dealkylation sites (tertiary alicyclic amines) is 5. The van der Waals surface area contributed by atoms with E-state index < -0.39 is 17.5 Å². The molecule has 688 valence electrons. The first kappa shape index (κ1) is 92.8. The van der Waals surface area contributed by atoms with Crippen LogP contribution in [0.5, 0.6) is 0 Å². The van der Waals surface area contributed by atoms with Crippen LogP contribution in [0.1, 0.15) is 209 Å². The average Bonchev–Trinajstić information content (AvgIpc) is 1.65. The van der Waals surface area contributed by atoms with Crippen molar-refractivity contribution in [2.24, 2.45) is 23.7 Å². The van der Waals surface area contributed by atoms with Crippen LogP contribution < -0.4 is 21.3 Å². The number of aryl methyl sites for hydroxylation is 4. The van der Waals surface area contributed by atoms with Gasteiger partial charge in [0.15, 0.2) is 0 Å². The van der Waals surface area contributed by atoms with E-state index in [9.17, 15) is 70.3 Å². The maximum Gasteiger partial charge on any atom is 0.320 e. The molecular weight excluding hydrogens is 1670 g/mol. The Morgan fingerprint density at radius 1 is 0.328 bits per heavy atom. The Morgan fingerprint density at radius 2 is 0.588 bits per heavy atom. The predicted molar refractivity (Wildman–Crippen MR) is 498 cm³/mol. The van der Waals surface area contributed by atoms with Crippen LogP contribution in [0.4, 0.5) is 54.7 Å². The second-order valence-corrected chi connectivity index (χ2v) is 36.7. The van der Waals surface area contributed by atoms with E-state index in [4.69, 9.17) is 0 Å². The number of aromatic amines is 4. The summed E-state index contributed by atoms with van der Waals surface area (Å²) in [4.78, 5) is 164. The van der Waals surface area contributed by atoms with Gasteiger partial charge in [-0.25, -0.2) is 31.9 Å². The first-order valence-corrected chi connectivity index (χ1v) is 45.9. The number of piperidine rings is 3. The summed E-state index contributed by atoms with van der Waals surface area (Å²) >= 11 is 0. The molecule has 2 atom stereocenters. The van der Waals surface area contributed by atoms with Gasteiger partial charge in [-0.1, -0.05) is 19.3 Å². The van der Waals surface area contributed by atoms with Gasteiger partial charge in [-0.05, 0) is 274 Å². The van der Waals surface area contributed by atoms with Crippen LogP contribution in [0.3, 0.4) is 0 Å². The van der Waals surface area contributed by atoms with Gasteiger partial charge in [-0.3, -0.25) is 38.4 Å². The molecule has 8 aromatic rings. The van der Waals surface area contributed by atoms with Gasteiger partial charge in [0.2, 0.25) is 0 Å². The lowest BCUT2D eigenvalue weighted by Crippen LogP contribution is -2.48. The molecule has 1 saturated carbocycles. The molecule has 9 aliphatic heterocycles. The second kappa shape index (κ2) is 39.8. The third kappa shape index (κ3) is 20.5. The molecule has 8 N–H and O–H groups in total. The Kier molecular flexibility index (Phi) is 28.2. The van der Waals surface area contributed by atoms with E-state index in [0.717, 1.165) is 193 Å².